The highest BCUT2D eigenvalue weighted by Gasteiger charge is 2.23. The van der Waals surface area contributed by atoms with Gasteiger partial charge < -0.3 is 15.4 Å². The molecule has 4 rings (SSSR count). The minimum Gasteiger partial charge on any atom is -0.380 e. The van der Waals surface area contributed by atoms with E-state index in [2.05, 4.69) is 15.4 Å². The quantitative estimate of drug-likeness (QED) is 0.177. The molecule has 43 heavy (non-hydrogen) atoms. The second-order valence-electron chi connectivity index (χ2n) is 9.78. The molecule has 1 aromatic heterocycles. The summed E-state index contributed by atoms with van der Waals surface area (Å²) >= 11 is 1.15. The SMILES string of the molecule is CCCOCCNC(=O)Cc1cccc(NC(=O)c2ccc(-c3cc(C)ccc3S(=O)(=O)NC(=O)c3cccs3)cc2)c1. The molecule has 9 nitrogen and oxygen atoms in total. The van der Waals surface area contributed by atoms with Crippen molar-refractivity contribution in [3.05, 3.63) is 106 Å². The van der Waals surface area contributed by atoms with Crippen LogP contribution >= 0.6 is 11.3 Å². The van der Waals surface area contributed by atoms with Crippen LogP contribution in [0.4, 0.5) is 5.69 Å². The molecule has 0 aliphatic heterocycles. The Morgan fingerprint density at radius 1 is 0.884 bits per heavy atom. The molecule has 0 fully saturated rings. The fraction of sp³-hybridized carbons (Fsp3) is 0.219. The van der Waals surface area contributed by atoms with E-state index in [9.17, 15) is 22.8 Å². The van der Waals surface area contributed by atoms with Crippen LogP contribution in [-0.2, 0) is 26.0 Å². The van der Waals surface area contributed by atoms with Crippen molar-refractivity contribution >= 4 is 44.8 Å². The van der Waals surface area contributed by atoms with Crippen molar-refractivity contribution < 1.29 is 27.5 Å². The number of ether oxygens (including phenoxy) is 1. The Balaban J connectivity index is 1.43. The molecule has 0 saturated carbocycles. The van der Waals surface area contributed by atoms with Crippen LogP contribution in [0.3, 0.4) is 0 Å². The Hall–Kier alpha value is -4.32. The highest BCUT2D eigenvalue weighted by Crippen LogP contribution is 2.29. The number of carbonyl (C=O) groups is 3. The van der Waals surface area contributed by atoms with Gasteiger partial charge >= 0.3 is 0 Å². The van der Waals surface area contributed by atoms with Gasteiger partial charge in [-0.2, -0.15) is 0 Å². The van der Waals surface area contributed by atoms with Crippen LogP contribution in [0.2, 0.25) is 0 Å². The summed E-state index contributed by atoms with van der Waals surface area (Å²) in [5.74, 6) is -1.19. The van der Waals surface area contributed by atoms with Crippen molar-refractivity contribution in [2.24, 2.45) is 0 Å². The van der Waals surface area contributed by atoms with E-state index in [0.29, 0.717) is 42.1 Å². The molecule has 0 radical (unpaired) electrons. The molecular weight excluding hydrogens is 587 g/mol. The molecule has 4 aromatic rings. The van der Waals surface area contributed by atoms with Gasteiger partial charge in [-0.15, -0.1) is 11.3 Å². The Morgan fingerprint density at radius 3 is 2.40 bits per heavy atom. The topological polar surface area (TPSA) is 131 Å². The van der Waals surface area contributed by atoms with Crippen LogP contribution in [0.25, 0.3) is 11.1 Å². The lowest BCUT2D eigenvalue weighted by molar-refractivity contribution is -0.120. The monoisotopic (exact) mass is 619 g/mol. The fourth-order valence-corrected chi connectivity index (χ4v) is 6.12. The molecule has 0 spiro atoms. The van der Waals surface area contributed by atoms with Gasteiger partial charge in [0, 0.05) is 30.0 Å². The lowest BCUT2D eigenvalue weighted by Gasteiger charge is -2.13. The molecule has 0 saturated heterocycles. The lowest BCUT2D eigenvalue weighted by atomic mass is 10.0. The summed E-state index contributed by atoms with van der Waals surface area (Å²) in [6.45, 7) is 5.41. The molecule has 3 N–H and O–H groups in total. The van der Waals surface area contributed by atoms with Crippen molar-refractivity contribution in [3.8, 4) is 11.1 Å². The predicted octanol–water partition coefficient (Wildman–Crippen LogP) is 5.18. The smallest absolute Gasteiger partial charge is 0.275 e. The molecule has 3 aromatic carbocycles. The molecule has 3 amide bonds. The average Bonchev–Trinajstić information content (AvgIpc) is 3.53. The zero-order valence-electron chi connectivity index (χ0n) is 23.9. The van der Waals surface area contributed by atoms with Gasteiger partial charge in [-0.3, -0.25) is 14.4 Å². The maximum Gasteiger partial charge on any atom is 0.275 e. The van der Waals surface area contributed by atoms with Gasteiger partial charge in [0.15, 0.2) is 0 Å². The van der Waals surface area contributed by atoms with E-state index >= 15 is 0 Å². The highest BCUT2D eigenvalue weighted by atomic mass is 32.2. The van der Waals surface area contributed by atoms with Crippen molar-refractivity contribution in [2.45, 2.75) is 31.6 Å². The number of aryl methyl sites for hydroxylation is 1. The number of sulfonamides is 1. The number of nitrogens with one attached hydrogen (secondary N) is 3. The van der Waals surface area contributed by atoms with Gasteiger partial charge in [0.1, 0.15) is 0 Å². The zero-order valence-corrected chi connectivity index (χ0v) is 25.5. The summed E-state index contributed by atoms with van der Waals surface area (Å²) in [5.41, 5.74) is 3.46. The fourth-order valence-electron chi connectivity index (χ4n) is 4.26. The Bertz CT molecular complexity index is 1680. The van der Waals surface area contributed by atoms with E-state index in [4.69, 9.17) is 4.74 Å². The molecule has 0 bridgehead atoms. The van der Waals surface area contributed by atoms with Crippen LogP contribution < -0.4 is 15.4 Å². The van der Waals surface area contributed by atoms with Gasteiger partial charge in [0.05, 0.1) is 22.8 Å². The van der Waals surface area contributed by atoms with Gasteiger partial charge in [-0.05, 0) is 66.2 Å². The number of hydrogen-bond acceptors (Lipinski definition) is 7. The summed E-state index contributed by atoms with van der Waals surface area (Å²) in [4.78, 5) is 38.0. The molecule has 0 aliphatic carbocycles. The first-order valence-corrected chi connectivity index (χ1v) is 16.1. The molecule has 224 valence electrons. The maximum atomic E-state index is 13.2. The van der Waals surface area contributed by atoms with Crippen molar-refractivity contribution in [1.82, 2.24) is 10.0 Å². The first kappa shape index (κ1) is 31.6. The summed E-state index contributed by atoms with van der Waals surface area (Å²) in [7, 11) is -4.18. The molecule has 0 unspecified atom stereocenters. The summed E-state index contributed by atoms with van der Waals surface area (Å²) in [6.07, 6.45) is 1.09. The number of benzene rings is 3. The first-order chi connectivity index (χ1) is 20.7. The predicted molar refractivity (Wildman–Crippen MR) is 168 cm³/mol. The van der Waals surface area contributed by atoms with Crippen molar-refractivity contribution in [3.63, 3.8) is 0 Å². The van der Waals surface area contributed by atoms with E-state index in [-0.39, 0.29) is 28.0 Å². The second kappa shape index (κ2) is 14.7. The standard InChI is InChI=1S/C32H33N3O6S2/c1-3-16-41-17-15-33-30(36)21-23-6-4-7-26(20-23)34-31(37)25-12-10-24(11-13-25)27-19-22(2)9-14-29(27)43(39,40)35-32(38)28-8-5-18-42-28/h4-14,18-20H,3,15-17,21H2,1-2H3,(H,33,36)(H,34,37)(H,35,38). The van der Waals surface area contributed by atoms with Crippen LogP contribution in [0.5, 0.6) is 0 Å². The highest BCUT2D eigenvalue weighted by molar-refractivity contribution is 7.90. The van der Waals surface area contributed by atoms with Crippen molar-refractivity contribution in [1.29, 1.82) is 0 Å². The number of thiophene rings is 1. The van der Waals surface area contributed by atoms with Gasteiger partial charge in [-0.25, -0.2) is 13.1 Å². The maximum absolute atomic E-state index is 13.2. The number of amides is 3. The first-order valence-electron chi connectivity index (χ1n) is 13.7. The number of anilines is 1. The molecule has 1 heterocycles. The van der Waals surface area contributed by atoms with E-state index in [1.807, 2.05) is 19.9 Å². The van der Waals surface area contributed by atoms with Crippen LogP contribution in [0.1, 0.15) is 44.5 Å². The van der Waals surface area contributed by atoms with E-state index in [1.54, 1.807) is 72.1 Å². The Kier molecular flexibility index (Phi) is 10.8. The largest absolute Gasteiger partial charge is 0.380 e. The molecule has 11 heteroatoms. The normalized spacial score (nSPS) is 11.1. The summed E-state index contributed by atoms with van der Waals surface area (Å²) in [6, 6.07) is 21.7. The lowest BCUT2D eigenvalue weighted by Crippen LogP contribution is -2.30. The molecular formula is C32H33N3O6S2. The van der Waals surface area contributed by atoms with E-state index < -0.39 is 15.9 Å². The molecule has 0 aliphatic rings. The Labute approximate surface area is 255 Å². The minimum absolute atomic E-state index is 0.0467. The zero-order chi connectivity index (χ0) is 30.8. The minimum atomic E-state index is -4.18. The third-order valence-corrected chi connectivity index (χ3v) is 8.58. The third kappa shape index (κ3) is 8.84. The molecule has 0 atom stereocenters. The number of rotatable bonds is 13. The summed E-state index contributed by atoms with van der Waals surface area (Å²) in [5, 5.41) is 7.36. The van der Waals surface area contributed by atoms with Crippen molar-refractivity contribution in [2.75, 3.05) is 25.1 Å². The summed E-state index contributed by atoms with van der Waals surface area (Å²) < 4.78 is 33.9. The van der Waals surface area contributed by atoms with Gasteiger partial charge in [0.25, 0.3) is 21.8 Å². The van der Waals surface area contributed by atoms with Crippen LogP contribution in [-0.4, -0.2) is 45.9 Å². The second-order valence-corrected chi connectivity index (χ2v) is 12.4. The number of carbonyl (C=O) groups excluding carboxylic acids is 3. The van der Waals surface area contributed by atoms with Gasteiger partial charge in [0.2, 0.25) is 5.91 Å². The average molecular weight is 620 g/mol. The van der Waals surface area contributed by atoms with Crippen LogP contribution in [0, 0.1) is 6.92 Å². The Morgan fingerprint density at radius 2 is 1.67 bits per heavy atom. The third-order valence-electron chi connectivity index (χ3n) is 6.32. The number of hydrogen-bond donors (Lipinski definition) is 3. The van der Waals surface area contributed by atoms with E-state index in [0.717, 1.165) is 28.9 Å². The van der Waals surface area contributed by atoms with E-state index in [1.165, 1.54) is 6.07 Å². The van der Waals surface area contributed by atoms with Gasteiger partial charge in [-0.1, -0.05) is 55.0 Å². The van der Waals surface area contributed by atoms with Crippen LogP contribution in [0.15, 0.2) is 89.1 Å².